The van der Waals surface area contributed by atoms with Gasteiger partial charge in [-0.25, -0.2) is 4.79 Å². The first kappa shape index (κ1) is 23.8. The zero-order chi connectivity index (χ0) is 22.3. The van der Waals surface area contributed by atoms with Crippen molar-refractivity contribution in [2.45, 2.75) is 70.4 Å². The van der Waals surface area contributed by atoms with Gasteiger partial charge in [-0.2, -0.15) is 5.26 Å². The van der Waals surface area contributed by atoms with Gasteiger partial charge in [0.1, 0.15) is 5.54 Å². The molecule has 8 nitrogen and oxygen atoms in total. The average molecular weight is 437 g/mol. The quantitative estimate of drug-likeness (QED) is 0.659. The van der Waals surface area contributed by atoms with E-state index in [1.165, 1.54) is 32.1 Å². The molecule has 2 unspecified atom stereocenters. The molecule has 31 heavy (non-hydrogen) atoms. The van der Waals surface area contributed by atoms with Gasteiger partial charge in [0.05, 0.1) is 19.3 Å². The summed E-state index contributed by atoms with van der Waals surface area (Å²) in [6.07, 6.45) is 6.09. The van der Waals surface area contributed by atoms with Crippen molar-refractivity contribution >= 4 is 12.0 Å². The Morgan fingerprint density at radius 1 is 1.23 bits per heavy atom. The molecule has 3 fully saturated rings. The highest BCUT2D eigenvalue weighted by molar-refractivity contribution is 5.84. The summed E-state index contributed by atoms with van der Waals surface area (Å²) in [6, 6.07) is 2.36. The van der Waals surface area contributed by atoms with Gasteiger partial charge in [-0.1, -0.05) is 33.1 Å². The standard InChI is InChI=1S/C23H38N4O4.H2/c1-18(2)14-20(31-22(29)27-10-12-30-13-11-27)21(28)25-23(16-24)8-9-26(17-23)15-19-6-4-3-5-7-19;/h18-20H,3-15,17H2,1-2H3,(H,25,28);1H. The molecule has 0 spiro atoms. The molecule has 2 heterocycles. The van der Waals surface area contributed by atoms with E-state index in [0.29, 0.717) is 51.6 Å². The Balaban J connectivity index is 0.00000363. The van der Waals surface area contributed by atoms with Crippen LogP contribution in [-0.4, -0.2) is 79.4 Å². The third-order valence-electron chi connectivity index (χ3n) is 6.66. The Hall–Kier alpha value is -1.85. The van der Waals surface area contributed by atoms with E-state index in [1.807, 2.05) is 13.8 Å². The number of morpholine rings is 1. The zero-order valence-electron chi connectivity index (χ0n) is 19.1. The van der Waals surface area contributed by atoms with Crippen molar-refractivity contribution in [3.63, 3.8) is 0 Å². The van der Waals surface area contributed by atoms with Crippen molar-refractivity contribution < 1.29 is 20.5 Å². The lowest BCUT2D eigenvalue weighted by molar-refractivity contribution is -0.132. The number of rotatable bonds is 7. The number of ether oxygens (including phenoxy) is 2. The fraction of sp³-hybridized carbons (Fsp3) is 0.870. The minimum absolute atomic E-state index is 0. The van der Waals surface area contributed by atoms with Crippen LogP contribution in [0.4, 0.5) is 4.79 Å². The molecule has 1 N–H and O–H groups in total. The molecule has 2 saturated heterocycles. The van der Waals surface area contributed by atoms with E-state index in [1.54, 1.807) is 4.90 Å². The van der Waals surface area contributed by atoms with E-state index in [9.17, 15) is 14.9 Å². The molecule has 3 rings (SSSR count). The molecule has 0 aromatic heterocycles. The Morgan fingerprint density at radius 2 is 1.94 bits per heavy atom. The van der Waals surface area contributed by atoms with Crippen molar-refractivity contribution in [2.24, 2.45) is 11.8 Å². The van der Waals surface area contributed by atoms with E-state index in [-0.39, 0.29) is 13.3 Å². The maximum atomic E-state index is 13.1. The molecular weight excluding hydrogens is 396 g/mol. The second kappa shape index (κ2) is 11.1. The molecule has 1 saturated carbocycles. The average Bonchev–Trinajstić information content (AvgIpc) is 3.17. The highest BCUT2D eigenvalue weighted by Gasteiger charge is 2.42. The predicted molar refractivity (Wildman–Crippen MR) is 118 cm³/mol. The lowest BCUT2D eigenvalue weighted by Gasteiger charge is -2.31. The van der Waals surface area contributed by atoms with E-state index in [0.717, 1.165) is 13.1 Å². The Kier molecular flexibility index (Phi) is 8.56. The van der Waals surface area contributed by atoms with Gasteiger partial charge in [0.2, 0.25) is 0 Å². The van der Waals surface area contributed by atoms with Crippen LogP contribution in [0.2, 0.25) is 0 Å². The molecule has 1 aliphatic carbocycles. The minimum atomic E-state index is -0.910. The molecule has 0 aromatic rings. The molecule has 2 atom stereocenters. The normalized spacial score (nSPS) is 26.5. The summed E-state index contributed by atoms with van der Waals surface area (Å²) in [7, 11) is 0. The van der Waals surface area contributed by atoms with Gasteiger partial charge in [0.15, 0.2) is 6.10 Å². The highest BCUT2D eigenvalue weighted by Crippen LogP contribution is 2.28. The monoisotopic (exact) mass is 436 g/mol. The number of hydrogen-bond acceptors (Lipinski definition) is 6. The first-order valence-corrected chi connectivity index (χ1v) is 11.9. The van der Waals surface area contributed by atoms with Crippen LogP contribution in [0.3, 0.4) is 0 Å². The number of hydrogen-bond donors (Lipinski definition) is 1. The second-order valence-electron chi connectivity index (χ2n) is 9.77. The van der Waals surface area contributed by atoms with Crippen LogP contribution in [-0.2, 0) is 14.3 Å². The van der Waals surface area contributed by atoms with Crippen molar-refractivity contribution in [1.82, 2.24) is 15.1 Å². The van der Waals surface area contributed by atoms with Gasteiger partial charge < -0.3 is 19.7 Å². The van der Waals surface area contributed by atoms with Crippen LogP contribution < -0.4 is 5.32 Å². The molecule has 2 aliphatic heterocycles. The maximum absolute atomic E-state index is 13.1. The molecule has 0 aromatic carbocycles. The van der Waals surface area contributed by atoms with Crippen LogP contribution >= 0.6 is 0 Å². The summed E-state index contributed by atoms with van der Waals surface area (Å²) in [6.45, 7) is 8.22. The molecule has 176 valence electrons. The number of amides is 2. The van der Waals surface area contributed by atoms with Gasteiger partial charge >= 0.3 is 6.09 Å². The lowest BCUT2D eigenvalue weighted by atomic mass is 9.89. The van der Waals surface area contributed by atoms with E-state index < -0.39 is 17.7 Å². The lowest BCUT2D eigenvalue weighted by Crippen LogP contribution is -2.54. The maximum Gasteiger partial charge on any atom is 0.410 e. The Bertz CT molecular complexity index is 659. The van der Waals surface area contributed by atoms with Crippen LogP contribution in [0.25, 0.3) is 0 Å². The number of nitrogens with zero attached hydrogens (tertiary/aromatic N) is 3. The molecule has 8 heteroatoms. The van der Waals surface area contributed by atoms with Gasteiger partial charge in [-0.3, -0.25) is 9.69 Å². The second-order valence-corrected chi connectivity index (χ2v) is 9.77. The van der Waals surface area contributed by atoms with Crippen molar-refractivity contribution in [3.8, 4) is 6.07 Å². The molecular formula is C23H40N4O4. The van der Waals surface area contributed by atoms with Crippen molar-refractivity contribution in [1.29, 1.82) is 5.26 Å². The van der Waals surface area contributed by atoms with Crippen LogP contribution in [0.15, 0.2) is 0 Å². The largest absolute Gasteiger partial charge is 0.436 e. The topological polar surface area (TPSA) is 94.9 Å². The van der Waals surface area contributed by atoms with Gasteiger partial charge in [0.25, 0.3) is 5.91 Å². The summed E-state index contributed by atoms with van der Waals surface area (Å²) < 4.78 is 10.9. The Morgan fingerprint density at radius 3 is 2.58 bits per heavy atom. The van der Waals surface area contributed by atoms with E-state index in [2.05, 4.69) is 16.3 Å². The smallest absolute Gasteiger partial charge is 0.410 e. The Labute approximate surface area is 187 Å². The van der Waals surface area contributed by atoms with Gasteiger partial charge in [-0.05, 0) is 37.5 Å². The molecule has 2 amide bonds. The first-order valence-electron chi connectivity index (χ1n) is 11.9. The molecule has 3 aliphatic rings. The number of likely N-dealkylation sites (tertiary alicyclic amines) is 1. The summed E-state index contributed by atoms with van der Waals surface area (Å²) in [5, 5.41) is 12.9. The summed E-state index contributed by atoms with van der Waals surface area (Å²) in [5.74, 6) is 0.510. The minimum Gasteiger partial charge on any atom is -0.436 e. The fourth-order valence-electron chi connectivity index (χ4n) is 4.90. The summed E-state index contributed by atoms with van der Waals surface area (Å²) >= 11 is 0. The zero-order valence-corrected chi connectivity index (χ0v) is 19.1. The van der Waals surface area contributed by atoms with Crippen LogP contribution in [0, 0.1) is 23.2 Å². The predicted octanol–water partition coefficient (Wildman–Crippen LogP) is 2.78. The molecule has 0 bridgehead atoms. The third kappa shape index (κ3) is 6.81. The van der Waals surface area contributed by atoms with Crippen molar-refractivity contribution in [2.75, 3.05) is 45.9 Å². The van der Waals surface area contributed by atoms with Gasteiger partial charge in [-0.15, -0.1) is 0 Å². The summed E-state index contributed by atoms with van der Waals surface area (Å²) in [5.41, 5.74) is -0.910. The van der Waals surface area contributed by atoms with Gasteiger partial charge in [0, 0.05) is 34.2 Å². The molecule has 0 radical (unpaired) electrons. The third-order valence-corrected chi connectivity index (χ3v) is 6.66. The number of carbonyl (C=O) groups is 2. The van der Waals surface area contributed by atoms with E-state index in [4.69, 9.17) is 9.47 Å². The highest BCUT2D eigenvalue weighted by atomic mass is 16.6. The van der Waals surface area contributed by atoms with Crippen LogP contribution in [0.5, 0.6) is 0 Å². The number of nitriles is 1. The van der Waals surface area contributed by atoms with Crippen LogP contribution in [0.1, 0.15) is 60.2 Å². The SMILES string of the molecule is CC(C)CC(OC(=O)N1CCOCC1)C(=O)NC1(C#N)CCN(CC2CCCCC2)C1.[HH]. The first-order chi connectivity index (χ1) is 14.9. The number of nitrogens with one attached hydrogen (secondary N) is 1. The van der Waals surface area contributed by atoms with E-state index >= 15 is 0 Å². The number of carbonyl (C=O) groups excluding carboxylic acids is 2. The van der Waals surface area contributed by atoms with Crippen molar-refractivity contribution in [3.05, 3.63) is 0 Å². The fourth-order valence-corrected chi connectivity index (χ4v) is 4.90. The summed E-state index contributed by atoms with van der Waals surface area (Å²) in [4.78, 5) is 29.6.